The molecule has 0 bridgehead atoms. The van der Waals surface area contributed by atoms with E-state index in [1.54, 1.807) is 0 Å². The van der Waals surface area contributed by atoms with Crippen LogP contribution in [0.25, 0.3) is 0 Å². The molecule has 1 atom stereocenters. The minimum Gasteiger partial charge on any atom is -0.380 e. The number of ether oxygens (including phenoxy) is 1. The van der Waals surface area contributed by atoms with Crippen molar-refractivity contribution >= 4 is 0 Å². The minimum absolute atomic E-state index is 0.835. The Balaban J connectivity index is 1.37. The van der Waals surface area contributed by atoms with Crippen LogP contribution in [0.4, 0.5) is 0 Å². The van der Waals surface area contributed by atoms with E-state index in [0.29, 0.717) is 0 Å². The molecule has 0 aromatic rings. The first kappa shape index (κ1) is 11.4. The maximum absolute atomic E-state index is 5.57. The molecular weight excluding hydrogens is 188 g/mol. The maximum Gasteiger partial charge on any atom is 0.0591 e. The monoisotopic (exact) mass is 212 g/mol. The van der Waals surface area contributed by atoms with Crippen LogP contribution in [0.5, 0.6) is 0 Å². The van der Waals surface area contributed by atoms with Crippen molar-refractivity contribution in [2.45, 2.75) is 25.7 Å². The van der Waals surface area contributed by atoms with E-state index in [1.165, 1.54) is 38.8 Å². The third kappa shape index (κ3) is 4.96. The lowest BCUT2D eigenvalue weighted by molar-refractivity contribution is 0.125. The van der Waals surface area contributed by atoms with Gasteiger partial charge in [0.2, 0.25) is 0 Å². The van der Waals surface area contributed by atoms with E-state index in [4.69, 9.17) is 4.74 Å². The fraction of sp³-hybridized carbons (Fsp3) is 1.00. The molecule has 88 valence electrons. The second kappa shape index (κ2) is 6.46. The van der Waals surface area contributed by atoms with Crippen LogP contribution in [-0.2, 0) is 4.74 Å². The fourth-order valence-electron chi connectivity index (χ4n) is 2.08. The number of hydrogen-bond donors (Lipinski definition) is 2. The molecule has 0 aromatic heterocycles. The molecule has 0 radical (unpaired) electrons. The van der Waals surface area contributed by atoms with Gasteiger partial charge in [0.25, 0.3) is 0 Å². The van der Waals surface area contributed by atoms with Crippen LogP contribution >= 0.6 is 0 Å². The molecule has 0 amide bonds. The van der Waals surface area contributed by atoms with Gasteiger partial charge in [-0.1, -0.05) is 0 Å². The highest BCUT2D eigenvalue weighted by Gasteiger charge is 2.20. The molecule has 3 heteroatoms. The molecule has 1 saturated carbocycles. The van der Waals surface area contributed by atoms with Crippen molar-refractivity contribution in [3.05, 3.63) is 0 Å². The fourth-order valence-corrected chi connectivity index (χ4v) is 2.08. The molecule has 1 aliphatic heterocycles. The second-order valence-corrected chi connectivity index (χ2v) is 4.93. The third-order valence-corrected chi connectivity index (χ3v) is 3.31. The first-order valence-corrected chi connectivity index (χ1v) is 6.44. The van der Waals surface area contributed by atoms with Crippen molar-refractivity contribution in [2.75, 3.05) is 39.4 Å². The van der Waals surface area contributed by atoms with E-state index >= 15 is 0 Å². The Morgan fingerprint density at radius 1 is 1.20 bits per heavy atom. The zero-order valence-electron chi connectivity index (χ0n) is 9.63. The smallest absolute Gasteiger partial charge is 0.0591 e. The first-order valence-electron chi connectivity index (χ1n) is 6.44. The summed E-state index contributed by atoms with van der Waals surface area (Å²) in [5.74, 6) is 1.73. The van der Waals surface area contributed by atoms with Gasteiger partial charge in [0, 0.05) is 13.2 Å². The Bertz CT molecular complexity index is 165. The Hall–Kier alpha value is -0.120. The van der Waals surface area contributed by atoms with Gasteiger partial charge in [-0.3, -0.25) is 0 Å². The maximum atomic E-state index is 5.57. The molecule has 2 N–H and O–H groups in total. The molecule has 3 nitrogen and oxygen atoms in total. The normalized spacial score (nSPS) is 26.8. The number of hydrogen-bond acceptors (Lipinski definition) is 3. The topological polar surface area (TPSA) is 33.3 Å². The average molecular weight is 212 g/mol. The van der Waals surface area contributed by atoms with Gasteiger partial charge in [-0.05, 0) is 57.2 Å². The van der Waals surface area contributed by atoms with Crippen molar-refractivity contribution in [3.8, 4) is 0 Å². The molecule has 1 heterocycles. The van der Waals surface area contributed by atoms with Crippen molar-refractivity contribution in [3.63, 3.8) is 0 Å². The molecule has 0 aromatic carbocycles. The van der Waals surface area contributed by atoms with E-state index in [2.05, 4.69) is 10.6 Å². The van der Waals surface area contributed by atoms with E-state index < -0.39 is 0 Å². The minimum atomic E-state index is 0.835. The van der Waals surface area contributed by atoms with Crippen LogP contribution in [0.3, 0.4) is 0 Å². The molecule has 2 fully saturated rings. The van der Waals surface area contributed by atoms with Gasteiger partial charge in [-0.25, -0.2) is 0 Å². The summed E-state index contributed by atoms with van der Waals surface area (Å²) in [6.07, 6.45) is 5.50. The van der Waals surface area contributed by atoms with Crippen LogP contribution in [0.15, 0.2) is 0 Å². The van der Waals surface area contributed by atoms with Crippen LogP contribution in [-0.4, -0.2) is 39.4 Å². The van der Waals surface area contributed by atoms with Crippen LogP contribution in [0, 0.1) is 11.8 Å². The molecule has 1 aliphatic carbocycles. The summed E-state index contributed by atoms with van der Waals surface area (Å²) in [5, 5.41) is 6.92. The molecule has 1 saturated heterocycles. The van der Waals surface area contributed by atoms with Crippen LogP contribution in [0.2, 0.25) is 0 Å². The number of piperidine rings is 1. The predicted molar refractivity (Wildman–Crippen MR) is 62.0 cm³/mol. The average Bonchev–Trinajstić information content (AvgIpc) is 3.09. The van der Waals surface area contributed by atoms with Crippen LogP contribution in [0.1, 0.15) is 25.7 Å². The van der Waals surface area contributed by atoms with Gasteiger partial charge in [-0.15, -0.1) is 0 Å². The Morgan fingerprint density at radius 2 is 2.13 bits per heavy atom. The Kier molecular flexibility index (Phi) is 4.90. The standard InChI is InChI=1S/C12H24N2O/c1-2-12(8-13-5-1)9-14-6-7-15-10-11-3-4-11/h11-14H,1-10H2. The van der Waals surface area contributed by atoms with Crippen LogP contribution < -0.4 is 10.6 Å². The summed E-state index contributed by atoms with van der Waals surface area (Å²) in [7, 11) is 0. The quantitative estimate of drug-likeness (QED) is 0.618. The highest BCUT2D eigenvalue weighted by molar-refractivity contribution is 4.72. The molecule has 2 aliphatic rings. The molecule has 2 rings (SSSR count). The zero-order valence-corrected chi connectivity index (χ0v) is 9.63. The Labute approximate surface area is 93.0 Å². The van der Waals surface area contributed by atoms with Gasteiger partial charge >= 0.3 is 0 Å². The van der Waals surface area contributed by atoms with Gasteiger partial charge in [0.1, 0.15) is 0 Å². The third-order valence-electron chi connectivity index (χ3n) is 3.31. The van der Waals surface area contributed by atoms with E-state index in [9.17, 15) is 0 Å². The van der Waals surface area contributed by atoms with Crippen molar-refractivity contribution in [1.82, 2.24) is 10.6 Å². The SMILES string of the molecule is C1CNCC(CNCCOCC2CC2)C1. The second-order valence-electron chi connectivity index (χ2n) is 4.93. The number of rotatable bonds is 7. The predicted octanol–water partition coefficient (Wildman–Crippen LogP) is 1.00. The summed E-state index contributed by atoms with van der Waals surface area (Å²) in [5.41, 5.74) is 0. The Morgan fingerprint density at radius 3 is 2.87 bits per heavy atom. The first-order chi connectivity index (χ1) is 7.45. The van der Waals surface area contributed by atoms with Gasteiger partial charge in [-0.2, -0.15) is 0 Å². The number of nitrogens with one attached hydrogen (secondary N) is 2. The molecule has 1 unspecified atom stereocenters. The summed E-state index contributed by atoms with van der Waals surface area (Å²) in [6.45, 7) is 6.45. The largest absolute Gasteiger partial charge is 0.380 e. The van der Waals surface area contributed by atoms with Crippen molar-refractivity contribution in [1.29, 1.82) is 0 Å². The lowest BCUT2D eigenvalue weighted by atomic mass is 10.00. The summed E-state index contributed by atoms with van der Waals surface area (Å²) in [6, 6.07) is 0. The van der Waals surface area contributed by atoms with Crippen molar-refractivity contribution in [2.24, 2.45) is 11.8 Å². The highest BCUT2D eigenvalue weighted by atomic mass is 16.5. The van der Waals surface area contributed by atoms with E-state index in [-0.39, 0.29) is 0 Å². The summed E-state index contributed by atoms with van der Waals surface area (Å²) in [4.78, 5) is 0. The molecule has 15 heavy (non-hydrogen) atoms. The molecular formula is C12H24N2O. The summed E-state index contributed by atoms with van der Waals surface area (Å²) < 4.78 is 5.57. The van der Waals surface area contributed by atoms with Crippen molar-refractivity contribution < 1.29 is 4.74 Å². The van der Waals surface area contributed by atoms with Gasteiger partial charge in [0.05, 0.1) is 6.61 Å². The lowest BCUT2D eigenvalue weighted by Gasteiger charge is -2.22. The van der Waals surface area contributed by atoms with E-state index in [1.807, 2.05) is 0 Å². The highest BCUT2D eigenvalue weighted by Crippen LogP contribution is 2.28. The van der Waals surface area contributed by atoms with E-state index in [0.717, 1.165) is 38.1 Å². The molecule has 0 spiro atoms. The van der Waals surface area contributed by atoms with Gasteiger partial charge in [0.15, 0.2) is 0 Å². The lowest BCUT2D eigenvalue weighted by Crippen LogP contribution is -2.36. The zero-order chi connectivity index (χ0) is 10.3. The summed E-state index contributed by atoms with van der Waals surface area (Å²) >= 11 is 0. The van der Waals surface area contributed by atoms with Gasteiger partial charge < -0.3 is 15.4 Å².